The summed E-state index contributed by atoms with van der Waals surface area (Å²) >= 11 is 6.36. The predicted octanol–water partition coefficient (Wildman–Crippen LogP) is 4.13. The zero-order valence-corrected chi connectivity index (χ0v) is 22.7. The fraction of sp³-hybridized carbons (Fsp3) is 0.458. The summed E-state index contributed by atoms with van der Waals surface area (Å²) < 4.78 is 96.9. The summed E-state index contributed by atoms with van der Waals surface area (Å²) in [5.74, 6) is -0.958. The topological polar surface area (TPSA) is 96.2 Å². The van der Waals surface area contributed by atoms with Crippen molar-refractivity contribution in [3.63, 3.8) is 0 Å². The molecule has 1 N–H and O–H groups in total. The van der Waals surface area contributed by atoms with Crippen molar-refractivity contribution in [2.75, 3.05) is 37.8 Å². The number of aromatic nitrogens is 4. The van der Waals surface area contributed by atoms with Crippen LogP contribution in [0.5, 0.6) is 0 Å². The first kappa shape index (κ1) is 28.6. The predicted molar refractivity (Wildman–Crippen MR) is 138 cm³/mol. The molecule has 16 heteroatoms. The molecule has 0 aliphatic carbocycles. The van der Waals surface area contributed by atoms with Gasteiger partial charge >= 0.3 is 6.18 Å². The van der Waals surface area contributed by atoms with Crippen molar-refractivity contribution in [3.05, 3.63) is 52.8 Å². The molecule has 2 aliphatic rings. The lowest BCUT2D eigenvalue weighted by atomic mass is 10.1. The van der Waals surface area contributed by atoms with Crippen LogP contribution in [-0.2, 0) is 22.7 Å². The minimum absolute atomic E-state index is 0.0258. The van der Waals surface area contributed by atoms with E-state index in [4.69, 9.17) is 11.6 Å². The van der Waals surface area contributed by atoms with E-state index in [-0.39, 0.29) is 35.3 Å². The molecule has 0 saturated carbocycles. The fourth-order valence-electron chi connectivity index (χ4n) is 4.68. The van der Waals surface area contributed by atoms with Crippen LogP contribution in [0.2, 0.25) is 5.02 Å². The van der Waals surface area contributed by atoms with Crippen molar-refractivity contribution in [2.45, 2.75) is 37.8 Å². The van der Waals surface area contributed by atoms with Gasteiger partial charge in [0, 0.05) is 32.0 Å². The third-order valence-electron chi connectivity index (χ3n) is 6.90. The molecule has 3 aromatic rings. The van der Waals surface area contributed by atoms with Crippen molar-refractivity contribution in [3.8, 4) is 17.1 Å². The minimum atomic E-state index is -4.84. The number of imidazole rings is 1. The third kappa shape index (κ3) is 6.06. The number of hydrogen-bond donors (Lipinski definition) is 1. The number of anilines is 1. The number of benzene rings is 1. The normalized spacial score (nSPS) is 20.9. The molecular formula is C24H25ClF5N7O2S. The standard InChI is InChI=1S/C24H25ClF5N7O2S/c1-40(38,39)37-6-3-19(18(27)11-37)33-23-31-9-15(24(28,29)30)21(34-23)20-12-36(13-32-20)22-16(25)7-14(8-17(22)26)10-35-4-2-5-35/h7-9,12-13,18-19H,2-6,10-11H2,1H3,(H,31,33,34)/t18-,19-/m1/s1. The molecule has 2 fully saturated rings. The van der Waals surface area contributed by atoms with Crippen LogP contribution < -0.4 is 5.32 Å². The van der Waals surface area contributed by atoms with E-state index >= 15 is 4.39 Å². The molecule has 0 bridgehead atoms. The molecule has 1 aromatic carbocycles. The molecule has 2 saturated heterocycles. The number of nitrogens with zero attached hydrogens (tertiary/aromatic N) is 6. The van der Waals surface area contributed by atoms with Crippen LogP contribution in [0.15, 0.2) is 30.9 Å². The second-order valence-corrected chi connectivity index (χ2v) is 12.2. The number of halogens is 6. The largest absolute Gasteiger partial charge is 0.420 e. The lowest BCUT2D eigenvalue weighted by Crippen LogP contribution is -2.49. The quantitative estimate of drug-likeness (QED) is 0.405. The molecule has 2 atom stereocenters. The Hall–Kier alpha value is -2.88. The Morgan fingerprint density at radius 3 is 2.52 bits per heavy atom. The van der Waals surface area contributed by atoms with Gasteiger partial charge in [-0.3, -0.25) is 4.90 Å². The van der Waals surface area contributed by atoms with Gasteiger partial charge < -0.3 is 9.88 Å². The molecule has 0 spiro atoms. The van der Waals surface area contributed by atoms with E-state index in [1.54, 1.807) is 6.07 Å². The Morgan fingerprint density at radius 2 is 1.93 bits per heavy atom. The molecule has 9 nitrogen and oxygen atoms in total. The van der Waals surface area contributed by atoms with Gasteiger partial charge in [0.1, 0.15) is 41.0 Å². The van der Waals surface area contributed by atoms with Crippen LogP contribution >= 0.6 is 11.6 Å². The Bertz CT molecular complexity index is 1490. The SMILES string of the molecule is CS(=O)(=O)N1CC[C@@H](Nc2ncc(C(F)(F)F)c(-c3cn(-c4c(F)cc(CN5CCC5)cc4Cl)cn3)n2)[C@H](F)C1. The van der Waals surface area contributed by atoms with E-state index < -0.39 is 52.0 Å². The smallest absolute Gasteiger partial charge is 0.348 e. The molecule has 0 radical (unpaired) electrons. The van der Waals surface area contributed by atoms with Gasteiger partial charge in [-0.2, -0.15) is 17.5 Å². The van der Waals surface area contributed by atoms with Gasteiger partial charge in [-0.25, -0.2) is 32.2 Å². The summed E-state index contributed by atoms with van der Waals surface area (Å²) in [6.07, 6.45) is -1.54. The Kier molecular flexibility index (Phi) is 7.76. The number of nitrogens with one attached hydrogen (secondary N) is 1. The lowest BCUT2D eigenvalue weighted by Gasteiger charge is -2.33. The minimum Gasteiger partial charge on any atom is -0.348 e. The second kappa shape index (κ2) is 10.8. The maximum Gasteiger partial charge on any atom is 0.420 e. The molecule has 2 aliphatic heterocycles. The Labute approximate surface area is 232 Å². The number of hydrogen-bond acceptors (Lipinski definition) is 7. The van der Waals surface area contributed by atoms with Gasteiger partial charge in [-0.1, -0.05) is 11.6 Å². The van der Waals surface area contributed by atoms with Crippen LogP contribution in [0.25, 0.3) is 17.1 Å². The number of rotatable bonds is 7. The zero-order chi connectivity index (χ0) is 28.8. The first-order valence-electron chi connectivity index (χ1n) is 12.3. The fourth-order valence-corrected chi connectivity index (χ4v) is 5.86. The van der Waals surface area contributed by atoms with Crippen molar-refractivity contribution in [2.24, 2.45) is 0 Å². The molecule has 4 heterocycles. The Morgan fingerprint density at radius 1 is 1.18 bits per heavy atom. The van der Waals surface area contributed by atoms with E-state index in [1.807, 2.05) is 0 Å². The summed E-state index contributed by atoms with van der Waals surface area (Å²) in [6.45, 7) is 1.98. The number of likely N-dealkylation sites (tertiary alicyclic amines) is 1. The molecule has 2 aromatic heterocycles. The van der Waals surface area contributed by atoms with Gasteiger partial charge in [0.15, 0.2) is 0 Å². The van der Waals surface area contributed by atoms with E-state index in [9.17, 15) is 26.0 Å². The van der Waals surface area contributed by atoms with Crippen LogP contribution in [0.3, 0.4) is 0 Å². The summed E-state index contributed by atoms with van der Waals surface area (Å²) in [4.78, 5) is 13.8. The van der Waals surface area contributed by atoms with Gasteiger partial charge in [0.25, 0.3) is 0 Å². The van der Waals surface area contributed by atoms with Gasteiger partial charge in [-0.15, -0.1) is 0 Å². The van der Waals surface area contributed by atoms with Crippen molar-refractivity contribution >= 4 is 27.6 Å². The van der Waals surface area contributed by atoms with Crippen molar-refractivity contribution in [1.29, 1.82) is 0 Å². The number of piperidine rings is 1. The van der Waals surface area contributed by atoms with Crippen molar-refractivity contribution < 1.29 is 30.4 Å². The van der Waals surface area contributed by atoms with Gasteiger partial charge in [-0.05, 0) is 43.6 Å². The van der Waals surface area contributed by atoms with E-state index in [0.717, 1.165) is 36.4 Å². The maximum absolute atomic E-state index is 15.1. The molecule has 0 unspecified atom stereocenters. The average molecular weight is 606 g/mol. The highest BCUT2D eigenvalue weighted by Crippen LogP contribution is 2.36. The van der Waals surface area contributed by atoms with Gasteiger partial charge in [0.05, 0.1) is 17.3 Å². The molecule has 5 rings (SSSR count). The van der Waals surface area contributed by atoms with E-state index in [0.29, 0.717) is 18.3 Å². The monoisotopic (exact) mass is 605 g/mol. The van der Waals surface area contributed by atoms with Gasteiger partial charge in [0.2, 0.25) is 16.0 Å². The summed E-state index contributed by atoms with van der Waals surface area (Å²) in [7, 11) is -3.59. The van der Waals surface area contributed by atoms with Crippen LogP contribution in [0.1, 0.15) is 24.0 Å². The summed E-state index contributed by atoms with van der Waals surface area (Å²) in [5, 5.41) is 2.74. The van der Waals surface area contributed by atoms with Crippen LogP contribution in [0, 0.1) is 5.82 Å². The van der Waals surface area contributed by atoms with Crippen LogP contribution in [-0.4, -0.2) is 81.8 Å². The first-order valence-corrected chi connectivity index (χ1v) is 14.6. The summed E-state index contributed by atoms with van der Waals surface area (Å²) in [6, 6.07) is 2.01. The highest BCUT2D eigenvalue weighted by atomic mass is 35.5. The molecule has 216 valence electrons. The summed E-state index contributed by atoms with van der Waals surface area (Å²) in [5.41, 5.74) is -1.43. The van der Waals surface area contributed by atoms with E-state index in [1.165, 1.54) is 16.8 Å². The van der Waals surface area contributed by atoms with Crippen LogP contribution in [0.4, 0.5) is 27.9 Å². The number of alkyl halides is 4. The average Bonchev–Trinajstić information content (AvgIpc) is 3.30. The maximum atomic E-state index is 15.1. The molecule has 40 heavy (non-hydrogen) atoms. The second-order valence-electron chi connectivity index (χ2n) is 9.83. The van der Waals surface area contributed by atoms with Crippen molar-refractivity contribution in [1.82, 2.24) is 28.7 Å². The lowest BCUT2D eigenvalue weighted by molar-refractivity contribution is -0.137. The highest BCUT2D eigenvalue weighted by molar-refractivity contribution is 7.88. The van der Waals surface area contributed by atoms with E-state index in [2.05, 4.69) is 25.2 Å². The molecule has 0 amide bonds. The first-order chi connectivity index (χ1) is 18.8. The zero-order valence-electron chi connectivity index (χ0n) is 21.2. The third-order valence-corrected chi connectivity index (χ3v) is 8.45. The number of sulfonamides is 1. The highest BCUT2D eigenvalue weighted by Gasteiger charge is 2.37. The molecular weight excluding hydrogens is 581 g/mol. The Balaban J connectivity index is 1.42.